The molecule has 1 fully saturated rings. The van der Waals surface area contributed by atoms with E-state index in [1.807, 2.05) is 50.1 Å². The Kier molecular flexibility index (Phi) is 11.0. The Morgan fingerprint density at radius 3 is 2.12 bits per heavy atom. The van der Waals surface area contributed by atoms with Crippen LogP contribution in [0.15, 0.2) is 59.6 Å². The zero-order valence-corrected chi connectivity index (χ0v) is 21.8. The average Bonchev–Trinajstić information content (AvgIpc) is 2.82. The van der Waals surface area contributed by atoms with Gasteiger partial charge in [-0.25, -0.2) is 0 Å². The van der Waals surface area contributed by atoms with Gasteiger partial charge in [-0.1, -0.05) is 42.5 Å². The molecule has 0 saturated carbocycles. The fourth-order valence-electron chi connectivity index (χ4n) is 3.93. The van der Waals surface area contributed by atoms with E-state index in [1.54, 1.807) is 0 Å². The molecule has 6 nitrogen and oxygen atoms in total. The molecule has 1 heterocycles. The summed E-state index contributed by atoms with van der Waals surface area (Å²) in [6.45, 7) is 11.1. The van der Waals surface area contributed by atoms with Gasteiger partial charge in [0.2, 0.25) is 0 Å². The molecule has 0 bridgehead atoms. The van der Waals surface area contributed by atoms with Crippen LogP contribution in [-0.4, -0.2) is 72.9 Å². The quantitative estimate of drug-likeness (QED) is 0.326. The van der Waals surface area contributed by atoms with Gasteiger partial charge in [-0.2, -0.15) is 0 Å². The Labute approximate surface area is 209 Å². The zero-order chi connectivity index (χ0) is 22.1. The van der Waals surface area contributed by atoms with Crippen molar-refractivity contribution in [1.82, 2.24) is 20.0 Å². The lowest BCUT2D eigenvalue weighted by Gasteiger charge is -2.36. The second kappa shape index (κ2) is 13.4. The van der Waals surface area contributed by atoms with Crippen molar-refractivity contribution in [2.45, 2.75) is 26.9 Å². The molecular weight excluding hydrogens is 513 g/mol. The molecule has 1 N–H and O–H groups in total. The fourth-order valence-corrected chi connectivity index (χ4v) is 3.93. The van der Waals surface area contributed by atoms with Crippen molar-refractivity contribution in [3.8, 4) is 0 Å². The molecule has 0 atom stereocenters. The van der Waals surface area contributed by atoms with Crippen LogP contribution < -0.4 is 5.32 Å². The molecular formula is C25H36IN5O. The Bertz CT molecular complexity index is 844. The van der Waals surface area contributed by atoms with E-state index in [0.29, 0.717) is 6.54 Å². The highest BCUT2D eigenvalue weighted by atomic mass is 127. The number of amides is 1. The first-order chi connectivity index (χ1) is 15.1. The van der Waals surface area contributed by atoms with Crippen LogP contribution in [-0.2, 0) is 13.1 Å². The Morgan fingerprint density at radius 2 is 1.56 bits per heavy atom. The molecule has 7 heteroatoms. The maximum Gasteiger partial charge on any atom is 0.253 e. The predicted molar refractivity (Wildman–Crippen MR) is 143 cm³/mol. The lowest BCUT2D eigenvalue weighted by molar-refractivity contribution is 0.0773. The minimum Gasteiger partial charge on any atom is -0.352 e. The number of aliphatic imine (C=N–C) groups is 1. The predicted octanol–water partition coefficient (Wildman–Crippen LogP) is 3.68. The van der Waals surface area contributed by atoms with Gasteiger partial charge < -0.3 is 15.1 Å². The van der Waals surface area contributed by atoms with Gasteiger partial charge in [0.15, 0.2) is 5.96 Å². The van der Waals surface area contributed by atoms with Gasteiger partial charge in [-0.3, -0.25) is 14.7 Å². The van der Waals surface area contributed by atoms with Gasteiger partial charge in [0.25, 0.3) is 5.91 Å². The van der Waals surface area contributed by atoms with Gasteiger partial charge in [0.05, 0.1) is 0 Å². The number of guanidine groups is 1. The summed E-state index contributed by atoms with van der Waals surface area (Å²) < 4.78 is 0. The SMILES string of the molecule is CCN(CC)C(=O)c1ccc(CNC(=NC)N2CCN(Cc3ccccc3)CC2)cc1.I. The van der Waals surface area contributed by atoms with Crippen LogP contribution in [0.5, 0.6) is 0 Å². The summed E-state index contributed by atoms with van der Waals surface area (Å²) in [6, 6.07) is 18.5. The first kappa shape index (κ1) is 26.1. The highest BCUT2D eigenvalue weighted by Crippen LogP contribution is 2.10. The number of carbonyl (C=O) groups is 1. The Morgan fingerprint density at radius 1 is 0.938 bits per heavy atom. The van der Waals surface area contributed by atoms with Crippen LogP contribution in [0.1, 0.15) is 35.3 Å². The van der Waals surface area contributed by atoms with Crippen LogP contribution in [0.4, 0.5) is 0 Å². The average molecular weight is 550 g/mol. The summed E-state index contributed by atoms with van der Waals surface area (Å²) in [6.07, 6.45) is 0. The lowest BCUT2D eigenvalue weighted by Crippen LogP contribution is -2.52. The van der Waals surface area contributed by atoms with Gasteiger partial charge in [0.1, 0.15) is 0 Å². The molecule has 0 aromatic heterocycles. The first-order valence-corrected chi connectivity index (χ1v) is 11.2. The molecule has 0 radical (unpaired) electrons. The van der Waals surface area contributed by atoms with E-state index >= 15 is 0 Å². The molecule has 2 aromatic rings. The van der Waals surface area contributed by atoms with Crippen molar-refractivity contribution >= 4 is 35.8 Å². The third-order valence-corrected chi connectivity index (χ3v) is 5.83. The van der Waals surface area contributed by atoms with Crippen molar-refractivity contribution in [3.05, 3.63) is 71.3 Å². The third kappa shape index (κ3) is 7.20. The van der Waals surface area contributed by atoms with E-state index in [9.17, 15) is 4.79 Å². The third-order valence-electron chi connectivity index (χ3n) is 5.83. The van der Waals surface area contributed by atoms with Crippen LogP contribution in [0, 0.1) is 0 Å². The monoisotopic (exact) mass is 549 g/mol. The maximum atomic E-state index is 12.5. The Balaban J connectivity index is 0.00000363. The van der Waals surface area contributed by atoms with Crippen LogP contribution in [0.2, 0.25) is 0 Å². The lowest BCUT2D eigenvalue weighted by atomic mass is 10.1. The topological polar surface area (TPSA) is 51.2 Å². The van der Waals surface area contributed by atoms with E-state index in [2.05, 4.69) is 50.4 Å². The molecule has 2 aromatic carbocycles. The molecule has 1 amide bonds. The molecule has 1 saturated heterocycles. The molecule has 174 valence electrons. The number of nitrogens with zero attached hydrogens (tertiary/aromatic N) is 4. The minimum absolute atomic E-state index is 0. The van der Waals surface area contributed by atoms with Gasteiger partial charge in [-0.15, -0.1) is 24.0 Å². The summed E-state index contributed by atoms with van der Waals surface area (Å²) in [5.41, 5.74) is 3.24. The molecule has 1 aliphatic rings. The van der Waals surface area contributed by atoms with Crippen LogP contribution in [0.25, 0.3) is 0 Å². The zero-order valence-electron chi connectivity index (χ0n) is 19.5. The fraction of sp³-hybridized carbons (Fsp3) is 0.440. The standard InChI is InChI=1S/C25H35N5O.HI/c1-4-29(5-2)24(31)23-13-11-21(12-14-23)19-27-25(26-3)30-17-15-28(16-18-30)20-22-9-7-6-8-10-22;/h6-14H,4-5,15-20H2,1-3H3,(H,26,27);1H. The van der Waals surface area contributed by atoms with E-state index in [4.69, 9.17) is 0 Å². The number of carbonyl (C=O) groups excluding carboxylic acids is 1. The van der Waals surface area contributed by atoms with Gasteiger partial charge in [-0.05, 0) is 37.1 Å². The number of rotatable bonds is 7. The van der Waals surface area contributed by atoms with Crippen LogP contribution >= 0.6 is 24.0 Å². The minimum atomic E-state index is 0. The molecule has 32 heavy (non-hydrogen) atoms. The van der Waals surface area contributed by atoms with E-state index in [1.165, 1.54) is 5.56 Å². The van der Waals surface area contributed by atoms with E-state index in [-0.39, 0.29) is 29.9 Å². The molecule has 0 spiro atoms. The Hall–Kier alpha value is -2.13. The largest absolute Gasteiger partial charge is 0.352 e. The van der Waals surface area contributed by atoms with Crippen molar-refractivity contribution in [1.29, 1.82) is 0 Å². The van der Waals surface area contributed by atoms with Gasteiger partial charge in [0, 0.05) is 65.0 Å². The number of piperazine rings is 1. The number of halogens is 1. The first-order valence-electron chi connectivity index (χ1n) is 11.2. The van der Waals surface area contributed by atoms with Crippen LogP contribution in [0.3, 0.4) is 0 Å². The summed E-state index contributed by atoms with van der Waals surface area (Å²) in [4.78, 5) is 23.6. The molecule has 1 aliphatic heterocycles. The van der Waals surface area contributed by atoms with Crippen molar-refractivity contribution < 1.29 is 4.79 Å². The van der Waals surface area contributed by atoms with Crippen molar-refractivity contribution in [2.24, 2.45) is 4.99 Å². The van der Waals surface area contributed by atoms with Gasteiger partial charge >= 0.3 is 0 Å². The second-order valence-corrected chi connectivity index (χ2v) is 7.82. The van der Waals surface area contributed by atoms with E-state index in [0.717, 1.165) is 62.9 Å². The van der Waals surface area contributed by atoms with Crippen molar-refractivity contribution in [3.63, 3.8) is 0 Å². The number of hydrogen-bond donors (Lipinski definition) is 1. The highest BCUT2D eigenvalue weighted by Gasteiger charge is 2.19. The normalized spacial score (nSPS) is 14.6. The summed E-state index contributed by atoms with van der Waals surface area (Å²) >= 11 is 0. The number of hydrogen-bond acceptors (Lipinski definition) is 3. The maximum absolute atomic E-state index is 12.5. The number of nitrogens with one attached hydrogen (secondary N) is 1. The van der Waals surface area contributed by atoms with Crippen molar-refractivity contribution in [2.75, 3.05) is 46.3 Å². The highest BCUT2D eigenvalue weighted by molar-refractivity contribution is 14.0. The smallest absolute Gasteiger partial charge is 0.253 e. The van der Waals surface area contributed by atoms with E-state index < -0.39 is 0 Å². The molecule has 0 unspecified atom stereocenters. The summed E-state index contributed by atoms with van der Waals surface area (Å²) in [7, 11) is 1.84. The molecule has 3 rings (SSSR count). The molecule has 0 aliphatic carbocycles. The summed E-state index contributed by atoms with van der Waals surface area (Å²) in [5, 5.41) is 3.48. The number of benzene rings is 2. The summed E-state index contributed by atoms with van der Waals surface area (Å²) in [5.74, 6) is 1.02. The second-order valence-electron chi connectivity index (χ2n) is 7.82.